The summed E-state index contributed by atoms with van der Waals surface area (Å²) in [5, 5.41) is 10.4. The number of aliphatic hydroxyl groups is 1. The molecular formula is C18H29N3O2. The molecule has 1 aromatic heterocycles. The Kier molecular flexibility index (Phi) is 4.61. The lowest BCUT2D eigenvalue weighted by molar-refractivity contribution is -0.162. The van der Waals surface area contributed by atoms with E-state index in [1.165, 1.54) is 5.56 Å². The molecule has 0 aliphatic carbocycles. The second-order valence-electron chi connectivity index (χ2n) is 7.46. The van der Waals surface area contributed by atoms with Crippen molar-refractivity contribution in [3.8, 4) is 0 Å². The second-order valence-corrected chi connectivity index (χ2v) is 7.46. The highest BCUT2D eigenvalue weighted by Crippen LogP contribution is 2.40. The summed E-state index contributed by atoms with van der Waals surface area (Å²) in [4.78, 5) is 11.4. The number of aromatic nitrogens is 2. The van der Waals surface area contributed by atoms with Crippen molar-refractivity contribution in [1.82, 2.24) is 9.97 Å². The van der Waals surface area contributed by atoms with E-state index in [9.17, 15) is 5.11 Å². The number of anilines is 1. The zero-order valence-electron chi connectivity index (χ0n) is 14.6. The quantitative estimate of drug-likeness (QED) is 0.928. The minimum absolute atomic E-state index is 0.148. The van der Waals surface area contributed by atoms with E-state index in [4.69, 9.17) is 9.72 Å². The van der Waals surface area contributed by atoms with Crippen LogP contribution in [0.4, 0.5) is 5.82 Å². The molecule has 1 N–H and O–H groups in total. The highest BCUT2D eigenvalue weighted by atomic mass is 16.5. The number of hydrogen-bond acceptors (Lipinski definition) is 5. The maximum atomic E-state index is 10.4. The molecule has 1 aromatic rings. The van der Waals surface area contributed by atoms with Crippen molar-refractivity contribution < 1.29 is 9.84 Å². The molecule has 0 amide bonds. The first kappa shape index (κ1) is 16.7. The van der Waals surface area contributed by atoms with Crippen LogP contribution in [0.2, 0.25) is 0 Å². The van der Waals surface area contributed by atoms with Gasteiger partial charge in [-0.3, -0.25) is 0 Å². The van der Waals surface area contributed by atoms with Crippen LogP contribution >= 0.6 is 0 Å². The summed E-state index contributed by atoms with van der Waals surface area (Å²) in [5.41, 5.74) is 0.510. The summed E-state index contributed by atoms with van der Waals surface area (Å²) < 4.78 is 6.11. The molecule has 3 rings (SSSR count). The third-order valence-corrected chi connectivity index (χ3v) is 5.21. The van der Waals surface area contributed by atoms with Crippen LogP contribution in [0.3, 0.4) is 0 Å². The van der Waals surface area contributed by atoms with E-state index >= 15 is 0 Å². The summed E-state index contributed by atoms with van der Waals surface area (Å²) in [7, 11) is 0. The van der Waals surface area contributed by atoms with E-state index in [0.717, 1.165) is 63.3 Å². The zero-order chi connectivity index (χ0) is 16.5. The molecule has 5 nitrogen and oxygen atoms in total. The molecule has 0 bridgehead atoms. The van der Waals surface area contributed by atoms with E-state index in [1.807, 2.05) is 20.0 Å². The summed E-state index contributed by atoms with van der Waals surface area (Å²) in [6.07, 6.45) is 7.50. The van der Waals surface area contributed by atoms with Gasteiger partial charge in [-0.1, -0.05) is 13.3 Å². The molecule has 5 heteroatoms. The molecule has 2 fully saturated rings. The Bertz CT molecular complexity index is 551. The number of piperidine rings is 1. The molecule has 2 aliphatic rings. The van der Waals surface area contributed by atoms with Crippen LogP contribution < -0.4 is 4.90 Å². The van der Waals surface area contributed by atoms with Crippen molar-refractivity contribution in [3.05, 3.63) is 17.6 Å². The van der Waals surface area contributed by atoms with Crippen LogP contribution in [0, 0.1) is 6.92 Å². The first-order chi connectivity index (χ1) is 10.9. The highest BCUT2D eigenvalue weighted by Gasteiger charge is 2.44. The van der Waals surface area contributed by atoms with Crippen LogP contribution in [0.5, 0.6) is 0 Å². The minimum atomic E-state index is -0.584. The van der Waals surface area contributed by atoms with Crippen LogP contribution in [0.1, 0.15) is 57.3 Å². The monoisotopic (exact) mass is 319 g/mol. The molecule has 0 radical (unpaired) electrons. The Labute approximate surface area is 139 Å². The fraction of sp³-hybridized carbons (Fsp3) is 0.778. The van der Waals surface area contributed by atoms with Crippen LogP contribution in [-0.4, -0.2) is 46.0 Å². The molecular weight excluding hydrogens is 290 g/mol. The first-order valence-electron chi connectivity index (χ1n) is 8.87. The second kappa shape index (κ2) is 6.36. The highest BCUT2D eigenvalue weighted by molar-refractivity contribution is 5.47. The van der Waals surface area contributed by atoms with E-state index in [0.29, 0.717) is 6.61 Å². The van der Waals surface area contributed by atoms with Crippen molar-refractivity contribution in [2.75, 3.05) is 24.6 Å². The Morgan fingerprint density at radius 1 is 1.30 bits per heavy atom. The molecule has 2 aliphatic heterocycles. The van der Waals surface area contributed by atoms with Gasteiger partial charge in [0.25, 0.3) is 0 Å². The predicted octanol–water partition coefficient (Wildman–Crippen LogP) is 2.64. The largest absolute Gasteiger partial charge is 0.390 e. The lowest BCUT2D eigenvalue weighted by atomic mass is 9.78. The third-order valence-electron chi connectivity index (χ3n) is 5.21. The number of hydrogen-bond donors (Lipinski definition) is 1. The average Bonchev–Trinajstić information content (AvgIpc) is 2.49. The molecule has 0 saturated carbocycles. The van der Waals surface area contributed by atoms with Crippen LogP contribution in [0.15, 0.2) is 6.20 Å². The van der Waals surface area contributed by atoms with Gasteiger partial charge in [-0.15, -0.1) is 0 Å². The van der Waals surface area contributed by atoms with Crippen molar-refractivity contribution in [2.45, 2.75) is 70.5 Å². The Balaban J connectivity index is 1.73. The van der Waals surface area contributed by atoms with Gasteiger partial charge in [0.05, 0.1) is 17.8 Å². The molecule has 1 spiro atoms. The molecule has 1 atom stereocenters. The summed E-state index contributed by atoms with van der Waals surface area (Å²) in [6.45, 7) is 8.61. The maximum absolute atomic E-state index is 10.4. The SMILES string of the molecule is CCCc1cnc(C)nc1N1CCC2(CC1)CC(C)(O)CCO2. The van der Waals surface area contributed by atoms with E-state index in [1.54, 1.807) is 0 Å². The molecule has 1 unspecified atom stereocenters. The van der Waals surface area contributed by atoms with Gasteiger partial charge in [0, 0.05) is 31.3 Å². The van der Waals surface area contributed by atoms with E-state index in [2.05, 4.69) is 16.8 Å². The van der Waals surface area contributed by atoms with E-state index in [-0.39, 0.29) is 5.60 Å². The fourth-order valence-corrected chi connectivity index (χ4v) is 3.97. The minimum Gasteiger partial charge on any atom is -0.390 e. The van der Waals surface area contributed by atoms with Crippen molar-refractivity contribution in [2.24, 2.45) is 0 Å². The Morgan fingerprint density at radius 3 is 2.70 bits per heavy atom. The lowest BCUT2D eigenvalue weighted by Gasteiger charge is -2.48. The topological polar surface area (TPSA) is 58.5 Å². The van der Waals surface area contributed by atoms with Gasteiger partial charge in [0.1, 0.15) is 11.6 Å². The van der Waals surface area contributed by atoms with Gasteiger partial charge in [-0.25, -0.2) is 9.97 Å². The van der Waals surface area contributed by atoms with Gasteiger partial charge >= 0.3 is 0 Å². The number of nitrogens with zero attached hydrogens (tertiary/aromatic N) is 3. The average molecular weight is 319 g/mol. The smallest absolute Gasteiger partial charge is 0.135 e. The summed E-state index contributed by atoms with van der Waals surface area (Å²) in [5.74, 6) is 1.92. The lowest BCUT2D eigenvalue weighted by Crippen LogP contribution is -2.53. The van der Waals surface area contributed by atoms with Crippen molar-refractivity contribution in [1.29, 1.82) is 0 Å². The number of rotatable bonds is 3. The zero-order valence-corrected chi connectivity index (χ0v) is 14.6. The fourth-order valence-electron chi connectivity index (χ4n) is 3.97. The number of ether oxygens (including phenoxy) is 1. The van der Waals surface area contributed by atoms with Gasteiger partial charge in [0.2, 0.25) is 0 Å². The summed E-state index contributed by atoms with van der Waals surface area (Å²) in [6, 6.07) is 0. The van der Waals surface area contributed by atoms with Gasteiger partial charge in [-0.2, -0.15) is 0 Å². The maximum Gasteiger partial charge on any atom is 0.135 e. The van der Waals surface area contributed by atoms with Crippen molar-refractivity contribution in [3.63, 3.8) is 0 Å². The van der Waals surface area contributed by atoms with E-state index < -0.39 is 5.60 Å². The standard InChI is InChI=1S/C18H29N3O2/c1-4-5-15-12-19-14(2)20-16(15)21-9-6-18(7-10-21)13-17(3,22)8-11-23-18/h12,22H,4-11,13H2,1-3H3. The molecule has 23 heavy (non-hydrogen) atoms. The van der Waals surface area contributed by atoms with Gasteiger partial charge in [-0.05, 0) is 39.5 Å². The van der Waals surface area contributed by atoms with Crippen molar-refractivity contribution >= 4 is 5.82 Å². The molecule has 3 heterocycles. The Hall–Kier alpha value is -1.20. The Morgan fingerprint density at radius 2 is 2.04 bits per heavy atom. The van der Waals surface area contributed by atoms with Crippen LogP contribution in [0.25, 0.3) is 0 Å². The predicted molar refractivity (Wildman–Crippen MR) is 90.8 cm³/mol. The molecule has 0 aromatic carbocycles. The summed E-state index contributed by atoms with van der Waals surface area (Å²) >= 11 is 0. The first-order valence-corrected chi connectivity index (χ1v) is 8.87. The van der Waals surface area contributed by atoms with Gasteiger partial charge < -0.3 is 14.7 Å². The number of aryl methyl sites for hydroxylation is 2. The normalized spacial score (nSPS) is 27.4. The van der Waals surface area contributed by atoms with Crippen LogP contribution in [-0.2, 0) is 11.2 Å². The molecule has 2 saturated heterocycles. The molecule has 128 valence electrons. The van der Waals surface area contributed by atoms with Gasteiger partial charge in [0.15, 0.2) is 0 Å². The third kappa shape index (κ3) is 3.66.